The normalized spacial score (nSPS) is 16.4. The average molecular weight is 276 g/mol. The van der Waals surface area contributed by atoms with Crippen molar-refractivity contribution in [1.82, 2.24) is 9.97 Å². The Morgan fingerprint density at radius 2 is 1.85 bits per heavy atom. The van der Waals surface area contributed by atoms with Crippen molar-refractivity contribution in [3.05, 3.63) is 11.9 Å². The zero-order valence-corrected chi connectivity index (χ0v) is 13.1. The van der Waals surface area contributed by atoms with Crippen molar-refractivity contribution in [2.75, 3.05) is 17.2 Å². The quantitative estimate of drug-likeness (QED) is 0.819. The second kappa shape index (κ2) is 7.46. The van der Waals surface area contributed by atoms with Crippen LogP contribution >= 0.6 is 0 Å². The molecule has 1 fully saturated rings. The molecule has 1 aliphatic rings. The molecular weight excluding hydrogens is 248 g/mol. The van der Waals surface area contributed by atoms with Gasteiger partial charge in [0, 0.05) is 24.6 Å². The second-order valence-electron chi connectivity index (χ2n) is 6.06. The van der Waals surface area contributed by atoms with Gasteiger partial charge in [0.15, 0.2) is 0 Å². The van der Waals surface area contributed by atoms with E-state index in [1.54, 1.807) is 0 Å². The van der Waals surface area contributed by atoms with Crippen LogP contribution in [0.3, 0.4) is 0 Å². The van der Waals surface area contributed by atoms with Gasteiger partial charge in [0.2, 0.25) is 0 Å². The summed E-state index contributed by atoms with van der Waals surface area (Å²) in [7, 11) is 0. The summed E-state index contributed by atoms with van der Waals surface area (Å²) in [5, 5.41) is 6.98. The number of nitrogens with one attached hydrogen (secondary N) is 2. The van der Waals surface area contributed by atoms with Crippen LogP contribution in [0.25, 0.3) is 0 Å². The molecular formula is C16H28N4. The molecule has 0 amide bonds. The number of hydrogen-bond acceptors (Lipinski definition) is 4. The molecule has 0 bridgehead atoms. The maximum absolute atomic E-state index is 4.67. The summed E-state index contributed by atoms with van der Waals surface area (Å²) >= 11 is 0. The van der Waals surface area contributed by atoms with E-state index in [1.165, 1.54) is 32.1 Å². The predicted octanol–water partition coefficient (Wildman–Crippen LogP) is 4.17. The Hall–Kier alpha value is -1.32. The number of aromatic nitrogens is 2. The minimum atomic E-state index is 0.352. The Kier molecular flexibility index (Phi) is 5.62. The molecule has 2 rings (SSSR count). The lowest BCUT2D eigenvalue weighted by Crippen LogP contribution is -2.23. The fourth-order valence-electron chi connectivity index (χ4n) is 2.60. The molecule has 1 aromatic rings. The van der Waals surface area contributed by atoms with Gasteiger partial charge in [-0.2, -0.15) is 0 Å². The van der Waals surface area contributed by atoms with Gasteiger partial charge < -0.3 is 10.6 Å². The predicted molar refractivity (Wildman–Crippen MR) is 85.4 cm³/mol. The van der Waals surface area contributed by atoms with Crippen LogP contribution < -0.4 is 10.6 Å². The Balaban J connectivity index is 2.10. The summed E-state index contributed by atoms with van der Waals surface area (Å²) in [5.41, 5.74) is 0. The van der Waals surface area contributed by atoms with Crippen LogP contribution in [-0.2, 0) is 0 Å². The standard InChI is InChI=1S/C16H28N4/c1-4-10-17-14-11-15(20-16(19-14)12(2)3)18-13-8-6-5-7-9-13/h11-13H,4-10H2,1-3H3,(H2,17,18,19,20). The molecule has 0 atom stereocenters. The van der Waals surface area contributed by atoms with E-state index in [9.17, 15) is 0 Å². The van der Waals surface area contributed by atoms with Gasteiger partial charge in [-0.25, -0.2) is 9.97 Å². The number of rotatable bonds is 6. The molecule has 1 aliphatic carbocycles. The van der Waals surface area contributed by atoms with Crippen molar-refractivity contribution in [1.29, 1.82) is 0 Å². The molecule has 4 nitrogen and oxygen atoms in total. The first-order chi connectivity index (χ1) is 9.69. The molecule has 0 saturated heterocycles. The summed E-state index contributed by atoms with van der Waals surface area (Å²) in [5.74, 6) is 3.20. The topological polar surface area (TPSA) is 49.8 Å². The largest absolute Gasteiger partial charge is 0.370 e. The number of anilines is 2. The van der Waals surface area contributed by atoms with Gasteiger partial charge in [0.25, 0.3) is 0 Å². The van der Waals surface area contributed by atoms with Crippen molar-refractivity contribution in [3.8, 4) is 0 Å². The third-order valence-corrected chi connectivity index (χ3v) is 3.77. The second-order valence-corrected chi connectivity index (χ2v) is 6.06. The lowest BCUT2D eigenvalue weighted by molar-refractivity contribution is 0.461. The van der Waals surface area contributed by atoms with Gasteiger partial charge in [-0.1, -0.05) is 40.0 Å². The zero-order chi connectivity index (χ0) is 14.4. The smallest absolute Gasteiger partial charge is 0.135 e. The molecule has 0 aromatic carbocycles. The maximum Gasteiger partial charge on any atom is 0.135 e. The van der Waals surface area contributed by atoms with Crippen LogP contribution in [0, 0.1) is 0 Å². The average Bonchev–Trinajstić information content (AvgIpc) is 2.46. The molecule has 112 valence electrons. The third-order valence-electron chi connectivity index (χ3n) is 3.77. The lowest BCUT2D eigenvalue weighted by Gasteiger charge is -2.24. The van der Waals surface area contributed by atoms with Crippen LogP contribution in [0.5, 0.6) is 0 Å². The highest BCUT2D eigenvalue weighted by molar-refractivity contribution is 5.48. The fraction of sp³-hybridized carbons (Fsp3) is 0.750. The molecule has 4 heteroatoms. The van der Waals surface area contributed by atoms with Crippen LogP contribution in [-0.4, -0.2) is 22.6 Å². The maximum atomic E-state index is 4.67. The van der Waals surface area contributed by atoms with Gasteiger partial charge in [-0.3, -0.25) is 0 Å². The van der Waals surface area contributed by atoms with E-state index in [1.807, 2.05) is 0 Å². The first-order valence-corrected chi connectivity index (χ1v) is 8.08. The Labute approximate surface area is 122 Å². The van der Waals surface area contributed by atoms with E-state index in [4.69, 9.17) is 0 Å². The summed E-state index contributed by atoms with van der Waals surface area (Å²) in [4.78, 5) is 9.27. The van der Waals surface area contributed by atoms with Gasteiger partial charge in [0.05, 0.1) is 0 Å². The highest BCUT2D eigenvalue weighted by Gasteiger charge is 2.15. The highest BCUT2D eigenvalue weighted by Crippen LogP contribution is 2.23. The third kappa shape index (κ3) is 4.36. The van der Waals surface area contributed by atoms with E-state index < -0.39 is 0 Å². The minimum Gasteiger partial charge on any atom is -0.370 e. The van der Waals surface area contributed by atoms with Gasteiger partial charge in [-0.05, 0) is 19.3 Å². The monoisotopic (exact) mass is 276 g/mol. The molecule has 0 aliphatic heterocycles. The summed E-state index contributed by atoms with van der Waals surface area (Å²) in [6.45, 7) is 7.41. The Bertz CT molecular complexity index is 411. The lowest BCUT2D eigenvalue weighted by atomic mass is 9.95. The Morgan fingerprint density at radius 3 is 2.50 bits per heavy atom. The number of hydrogen-bond donors (Lipinski definition) is 2. The molecule has 0 radical (unpaired) electrons. The number of nitrogens with zero attached hydrogens (tertiary/aromatic N) is 2. The Morgan fingerprint density at radius 1 is 1.15 bits per heavy atom. The highest BCUT2D eigenvalue weighted by atomic mass is 15.1. The molecule has 1 heterocycles. The molecule has 1 saturated carbocycles. The fourth-order valence-corrected chi connectivity index (χ4v) is 2.60. The van der Waals surface area contributed by atoms with Crippen molar-refractivity contribution >= 4 is 11.6 Å². The summed E-state index contributed by atoms with van der Waals surface area (Å²) < 4.78 is 0. The molecule has 2 N–H and O–H groups in total. The first-order valence-electron chi connectivity index (χ1n) is 8.08. The van der Waals surface area contributed by atoms with Gasteiger partial charge in [-0.15, -0.1) is 0 Å². The van der Waals surface area contributed by atoms with E-state index in [0.717, 1.165) is 30.4 Å². The zero-order valence-electron chi connectivity index (χ0n) is 13.1. The van der Waals surface area contributed by atoms with Gasteiger partial charge in [0.1, 0.15) is 17.5 Å². The van der Waals surface area contributed by atoms with Crippen molar-refractivity contribution in [3.63, 3.8) is 0 Å². The van der Waals surface area contributed by atoms with Crippen LogP contribution in [0.4, 0.5) is 11.6 Å². The van der Waals surface area contributed by atoms with Crippen LogP contribution in [0.2, 0.25) is 0 Å². The van der Waals surface area contributed by atoms with E-state index in [2.05, 4.69) is 47.4 Å². The molecule has 1 aromatic heterocycles. The molecule has 0 spiro atoms. The summed E-state index contributed by atoms with van der Waals surface area (Å²) in [6.07, 6.45) is 7.67. The SMILES string of the molecule is CCCNc1cc(NC2CCCCC2)nc(C(C)C)n1. The molecule has 20 heavy (non-hydrogen) atoms. The van der Waals surface area contributed by atoms with E-state index in [0.29, 0.717) is 12.0 Å². The minimum absolute atomic E-state index is 0.352. The van der Waals surface area contributed by atoms with E-state index >= 15 is 0 Å². The van der Waals surface area contributed by atoms with Crippen molar-refractivity contribution in [2.24, 2.45) is 0 Å². The van der Waals surface area contributed by atoms with Gasteiger partial charge >= 0.3 is 0 Å². The van der Waals surface area contributed by atoms with Crippen molar-refractivity contribution in [2.45, 2.75) is 71.3 Å². The summed E-state index contributed by atoms with van der Waals surface area (Å²) in [6, 6.07) is 2.63. The molecule has 0 unspecified atom stereocenters. The van der Waals surface area contributed by atoms with Crippen molar-refractivity contribution < 1.29 is 0 Å². The van der Waals surface area contributed by atoms with Crippen LogP contribution in [0.1, 0.15) is 71.0 Å². The van der Waals surface area contributed by atoms with Crippen LogP contribution in [0.15, 0.2) is 6.07 Å². The van der Waals surface area contributed by atoms with E-state index in [-0.39, 0.29) is 0 Å². The first kappa shape index (κ1) is 15.1.